The maximum absolute atomic E-state index is 11.0. The summed E-state index contributed by atoms with van der Waals surface area (Å²) in [6.45, 7) is 0. The van der Waals surface area contributed by atoms with Gasteiger partial charge in [0.2, 0.25) is 0 Å². The smallest absolute Gasteiger partial charge is 0.337 e. The normalized spacial score (nSPS) is 11.3. The van der Waals surface area contributed by atoms with Crippen molar-refractivity contribution in [2.75, 3.05) is 12.0 Å². The Hall–Kier alpha value is -1.56. The minimum absolute atomic E-state index is 0.00965. The van der Waals surface area contributed by atoms with E-state index in [1.54, 1.807) is 0 Å². The van der Waals surface area contributed by atoms with E-state index >= 15 is 0 Å². The molecule has 82 valence electrons. The Kier molecular flexibility index (Phi) is 2.99. The summed E-state index contributed by atoms with van der Waals surface area (Å²) in [6.07, 6.45) is 1.07. The lowest BCUT2D eigenvalue weighted by atomic mass is 10.1. The average Bonchev–Trinajstić information content (AvgIpc) is 2.05. The van der Waals surface area contributed by atoms with Crippen LogP contribution in [0.5, 0.6) is 0 Å². The third kappa shape index (κ3) is 2.95. The largest absolute Gasteiger partial charge is 0.478 e. The monoisotopic (exact) mass is 229 g/mol. The Morgan fingerprint density at radius 1 is 1.47 bits per heavy atom. The van der Waals surface area contributed by atoms with Crippen LogP contribution in [-0.4, -0.2) is 25.7 Å². The van der Waals surface area contributed by atoms with E-state index in [1.165, 1.54) is 18.2 Å². The van der Waals surface area contributed by atoms with E-state index in [4.69, 9.17) is 10.8 Å². The van der Waals surface area contributed by atoms with Gasteiger partial charge >= 0.3 is 5.97 Å². The zero-order valence-electron chi connectivity index (χ0n) is 8.10. The second-order valence-electron chi connectivity index (χ2n) is 3.25. The molecule has 0 aliphatic rings. The molecule has 0 atom stereocenters. The number of rotatable bonds is 3. The van der Waals surface area contributed by atoms with Crippen LogP contribution in [0.25, 0.3) is 0 Å². The van der Waals surface area contributed by atoms with E-state index in [0.29, 0.717) is 5.56 Å². The Morgan fingerprint density at radius 2 is 2.07 bits per heavy atom. The van der Waals surface area contributed by atoms with Gasteiger partial charge in [-0.1, -0.05) is 12.1 Å². The summed E-state index contributed by atoms with van der Waals surface area (Å²) in [5.74, 6) is -1.41. The molecule has 0 saturated heterocycles. The van der Waals surface area contributed by atoms with Gasteiger partial charge in [-0.3, -0.25) is 0 Å². The van der Waals surface area contributed by atoms with E-state index in [9.17, 15) is 13.2 Å². The van der Waals surface area contributed by atoms with Crippen LogP contribution in [0.4, 0.5) is 5.69 Å². The van der Waals surface area contributed by atoms with Crippen LogP contribution in [0.1, 0.15) is 15.9 Å². The third-order valence-corrected chi connectivity index (χ3v) is 2.68. The fraction of sp³-hybridized carbons (Fsp3) is 0.222. The van der Waals surface area contributed by atoms with Gasteiger partial charge in [-0.25, -0.2) is 13.2 Å². The van der Waals surface area contributed by atoms with Gasteiger partial charge in [0, 0.05) is 6.26 Å². The number of carboxylic acids is 1. The number of anilines is 1. The SMILES string of the molecule is CS(=O)(=O)Cc1cccc(C(=O)O)c1N. The second kappa shape index (κ2) is 3.90. The molecule has 3 N–H and O–H groups in total. The quantitative estimate of drug-likeness (QED) is 0.736. The van der Waals surface area contributed by atoms with Crippen LogP contribution < -0.4 is 5.73 Å². The van der Waals surface area contributed by atoms with Crippen LogP contribution >= 0.6 is 0 Å². The van der Waals surface area contributed by atoms with Crippen LogP contribution in [-0.2, 0) is 15.6 Å². The van der Waals surface area contributed by atoms with Gasteiger partial charge in [0.25, 0.3) is 0 Å². The lowest BCUT2D eigenvalue weighted by molar-refractivity contribution is 0.0698. The molecule has 0 heterocycles. The van der Waals surface area contributed by atoms with Gasteiger partial charge in [-0.05, 0) is 11.6 Å². The van der Waals surface area contributed by atoms with Crippen molar-refractivity contribution < 1.29 is 18.3 Å². The second-order valence-corrected chi connectivity index (χ2v) is 5.39. The molecule has 0 unspecified atom stereocenters. The minimum atomic E-state index is -3.22. The third-order valence-electron chi connectivity index (χ3n) is 1.84. The highest BCUT2D eigenvalue weighted by atomic mass is 32.2. The van der Waals surface area contributed by atoms with Crippen molar-refractivity contribution >= 4 is 21.5 Å². The molecule has 0 aliphatic heterocycles. The van der Waals surface area contributed by atoms with Crippen LogP contribution in [0.3, 0.4) is 0 Å². The predicted octanol–water partition coefficient (Wildman–Crippen LogP) is 0.512. The number of para-hydroxylation sites is 1. The molecule has 1 rings (SSSR count). The zero-order chi connectivity index (χ0) is 11.6. The van der Waals surface area contributed by atoms with Gasteiger partial charge in [0.1, 0.15) is 0 Å². The van der Waals surface area contributed by atoms with Crippen molar-refractivity contribution in [1.82, 2.24) is 0 Å². The lowest BCUT2D eigenvalue weighted by Gasteiger charge is -2.06. The van der Waals surface area contributed by atoms with Crippen molar-refractivity contribution in [2.45, 2.75) is 5.75 Å². The first kappa shape index (κ1) is 11.5. The van der Waals surface area contributed by atoms with Crippen LogP contribution in [0.2, 0.25) is 0 Å². The first-order chi connectivity index (χ1) is 6.81. The highest BCUT2D eigenvalue weighted by Crippen LogP contribution is 2.19. The molecule has 1 aromatic carbocycles. The number of hydrogen-bond donors (Lipinski definition) is 2. The van der Waals surface area contributed by atoms with E-state index in [-0.39, 0.29) is 17.0 Å². The molecule has 1 aromatic rings. The van der Waals surface area contributed by atoms with Crippen LogP contribution in [0, 0.1) is 0 Å². The highest BCUT2D eigenvalue weighted by Gasteiger charge is 2.13. The lowest BCUT2D eigenvalue weighted by Crippen LogP contribution is -2.08. The number of aromatic carboxylic acids is 1. The number of nitrogens with two attached hydrogens (primary N) is 1. The highest BCUT2D eigenvalue weighted by molar-refractivity contribution is 7.89. The number of nitrogen functional groups attached to an aromatic ring is 1. The predicted molar refractivity (Wildman–Crippen MR) is 56.4 cm³/mol. The van der Waals surface area contributed by atoms with Crippen molar-refractivity contribution in [1.29, 1.82) is 0 Å². The summed E-state index contributed by atoms with van der Waals surface area (Å²) >= 11 is 0. The molecule has 15 heavy (non-hydrogen) atoms. The van der Waals surface area contributed by atoms with Crippen molar-refractivity contribution in [3.8, 4) is 0 Å². The van der Waals surface area contributed by atoms with Crippen molar-refractivity contribution in [3.63, 3.8) is 0 Å². The fourth-order valence-corrected chi connectivity index (χ4v) is 2.02. The summed E-state index contributed by atoms with van der Waals surface area (Å²) in [4.78, 5) is 10.7. The number of carbonyl (C=O) groups is 1. The maximum atomic E-state index is 11.0. The van der Waals surface area contributed by atoms with Gasteiger partial charge in [-0.2, -0.15) is 0 Å². The zero-order valence-corrected chi connectivity index (χ0v) is 8.91. The Bertz CT molecular complexity index is 493. The number of hydrogen-bond acceptors (Lipinski definition) is 4. The topological polar surface area (TPSA) is 97.5 Å². The molecule has 0 saturated carbocycles. The van der Waals surface area contributed by atoms with Gasteiger partial charge in [0.05, 0.1) is 17.0 Å². The van der Waals surface area contributed by atoms with E-state index in [2.05, 4.69) is 0 Å². The summed E-state index contributed by atoms with van der Waals surface area (Å²) in [6, 6.07) is 4.31. The number of sulfone groups is 1. The molecule has 0 amide bonds. The Labute approximate surface area is 87.4 Å². The fourth-order valence-electron chi connectivity index (χ4n) is 1.21. The Morgan fingerprint density at radius 3 is 2.53 bits per heavy atom. The van der Waals surface area contributed by atoms with Crippen molar-refractivity contribution in [3.05, 3.63) is 29.3 Å². The minimum Gasteiger partial charge on any atom is -0.478 e. The summed E-state index contributed by atoms with van der Waals surface area (Å²) in [5.41, 5.74) is 5.80. The summed E-state index contributed by atoms with van der Waals surface area (Å²) < 4.78 is 22.1. The summed E-state index contributed by atoms with van der Waals surface area (Å²) in [7, 11) is -3.22. The standard InChI is InChI=1S/C9H11NO4S/c1-15(13,14)5-6-3-2-4-7(8(6)10)9(11)12/h2-4H,5,10H2,1H3,(H,11,12). The Balaban J connectivity index is 3.22. The van der Waals surface area contributed by atoms with Gasteiger partial charge in [0.15, 0.2) is 9.84 Å². The molecule has 0 fully saturated rings. The maximum Gasteiger partial charge on any atom is 0.337 e. The molecule has 0 aliphatic carbocycles. The molecule has 6 heteroatoms. The molecule has 0 bridgehead atoms. The van der Waals surface area contributed by atoms with Crippen molar-refractivity contribution in [2.24, 2.45) is 0 Å². The van der Waals surface area contributed by atoms with Crippen LogP contribution in [0.15, 0.2) is 18.2 Å². The molecule has 0 aromatic heterocycles. The average molecular weight is 229 g/mol. The first-order valence-corrected chi connectivity index (χ1v) is 6.15. The molecule has 0 radical (unpaired) electrons. The number of carboxylic acid groups (broad SMARTS) is 1. The van der Waals surface area contributed by atoms with E-state index in [1.807, 2.05) is 0 Å². The summed E-state index contributed by atoms with van der Waals surface area (Å²) in [5, 5.41) is 8.76. The van der Waals surface area contributed by atoms with E-state index < -0.39 is 15.8 Å². The first-order valence-electron chi connectivity index (χ1n) is 4.09. The van der Waals surface area contributed by atoms with Gasteiger partial charge in [-0.15, -0.1) is 0 Å². The molecule has 0 spiro atoms. The molecular weight excluding hydrogens is 218 g/mol. The molecule has 5 nitrogen and oxygen atoms in total. The van der Waals surface area contributed by atoms with Gasteiger partial charge < -0.3 is 10.8 Å². The molecular formula is C9H11NO4S. The van der Waals surface area contributed by atoms with E-state index in [0.717, 1.165) is 6.26 Å². The number of benzene rings is 1.